The number of carbonyl (C=O) groups excluding carboxylic acids is 1. The van der Waals surface area contributed by atoms with E-state index in [9.17, 15) is 13.2 Å². The molecule has 0 N–H and O–H groups in total. The zero-order valence-corrected chi connectivity index (χ0v) is 13.3. The van der Waals surface area contributed by atoms with Crippen molar-refractivity contribution in [2.75, 3.05) is 12.3 Å². The Morgan fingerprint density at radius 3 is 2.57 bits per heavy atom. The summed E-state index contributed by atoms with van der Waals surface area (Å²) in [5, 5.41) is 0. The Balaban J connectivity index is 2.15. The third-order valence-corrected chi connectivity index (χ3v) is 5.40. The molecular weight excluding hydrogens is 286 g/mol. The third kappa shape index (κ3) is 3.94. The fourth-order valence-electron chi connectivity index (χ4n) is 2.61. The molecule has 114 valence electrons. The average Bonchev–Trinajstić information content (AvgIpc) is 2.86. The number of nitrogens with zero attached hydrogens (tertiary/aromatic N) is 1. The second kappa shape index (κ2) is 6.43. The van der Waals surface area contributed by atoms with Gasteiger partial charge in [-0.05, 0) is 38.8 Å². The monoisotopic (exact) mass is 307 g/mol. The Kier molecular flexibility index (Phi) is 4.83. The van der Waals surface area contributed by atoms with Gasteiger partial charge in [0.15, 0.2) is 9.84 Å². The summed E-state index contributed by atoms with van der Waals surface area (Å²) in [7, 11) is -3.35. The molecule has 1 aromatic rings. The number of benzene rings is 1. The lowest BCUT2D eigenvalue weighted by Gasteiger charge is -2.23. The summed E-state index contributed by atoms with van der Waals surface area (Å²) in [5.74, 6) is -0.0833. The smallest absolute Gasteiger partial charge is 0.246 e. The van der Waals surface area contributed by atoms with Gasteiger partial charge in [-0.1, -0.05) is 23.8 Å². The molecular formula is C16H21NO3S. The summed E-state index contributed by atoms with van der Waals surface area (Å²) < 4.78 is 24.9. The van der Waals surface area contributed by atoms with Crippen LogP contribution in [0, 0.1) is 0 Å². The van der Waals surface area contributed by atoms with Crippen LogP contribution >= 0.6 is 0 Å². The molecule has 0 aliphatic carbocycles. The molecule has 1 aromatic carbocycles. The molecule has 1 unspecified atom stereocenters. The van der Waals surface area contributed by atoms with E-state index in [0.717, 1.165) is 18.4 Å². The van der Waals surface area contributed by atoms with E-state index >= 15 is 0 Å². The van der Waals surface area contributed by atoms with Gasteiger partial charge in [0, 0.05) is 18.7 Å². The Bertz CT molecular complexity index is 631. The van der Waals surface area contributed by atoms with Gasteiger partial charge in [-0.3, -0.25) is 4.79 Å². The number of sulfone groups is 1. The van der Waals surface area contributed by atoms with Crippen molar-refractivity contribution in [1.29, 1.82) is 0 Å². The summed E-state index contributed by atoms with van der Waals surface area (Å²) in [6, 6.07) is 8.21. The highest BCUT2D eigenvalue weighted by atomic mass is 32.2. The Morgan fingerprint density at radius 1 is 1.29 bits per heavy atom. The number of hydrogen-bond donors (Lipinski definition) is 0. The van der Waals surface area contributed by atoms with Crippen LogP contribution in [0.5, 0.6) is 0 Å². The first-order chi connectivity index (χ1) is 9.90. The molecule has 0 spiro atoms. The van der Waals surface area contributed by atoms with E-state index in [1.165, 1.54) is 0 Å². The SMILES string of the molecule is CC(C)=CC(=O)N1CCCC1CS(=O)(=O)c1ccccc1. The van der Waals surface area contributed by atoms with Crippen molar-refractivity contribution in [3.05, 3.63) is 42.0 Å². The topological polar surface area (TPSA) is 54.5 Å². The van der Waals surface area contributed by atoms with Crippen molar-refractivity contribution in [2.24, 2.45) is 0 Å². The minimum Gasteiger partial charge on any atom is -0.335 e. The van der Waals surface area contributed by atoms with E-state index in [0.29, 0.717) is 11.4 Å². The van der Waals surface area contributed by atoms with Crippen molar-refractivity contribution in [3.8, 4) is 0 Å². The van der Waals surface area contributed by atoms with Crippen LogP contribution < -0.4 is 0 Å². The summed E-state index contributed by atoms with van der Waals surface area (Å²) in [5.41, 5.74) is 0.927. The molecule has 0 saturated carbocycles. The third-order valence-electron chi connectivity index (χ3n) is 3.59. The lowest BCUT2D eigenvalue weighted by Crippen LogP contribution is -2.38. The number of rotatable bonds is 4. The standard InChI is InChI=1S/C16H21NO3S/c1-13(2)11-16(18)17-10-6-7-14(17)12-21(19,20)15-8-4-3-5-9-15/h3-5,8-9,11,14H,6-7,10,12H2,1-2H3. The first-order valence-electron chi connectivity index (χ1n) is 7.13. The van der Waals surface area contributed by atoms with Gasteiger partial charge < -0.3 is 4.90 Å². The van der Waals surface area contributed by atoms with Crippen molar-refractivity contribution >= 4 is 15.7 Å². The molecule has 1 amide bonds. The minimum atomic E-state index is -3.35. The van der Waals surface area contributed by atoms with Gasteiger partial charge in [-0.15, -0.1) is 0 Å². The molecule has 0 aromatic heterocycles. The van der Waals surface area contributed by atoms with Crippen LogP contribution in [0.4, 0.5) is 0 Å². The second-order valence-electron chi connectivity index (χ2n) is 5.64. The molecule has 1 atom stereocenters. The predicted octanol–water partition coefficient (Wildman–Crippen LogP) is 2.42. The first kappa shape index (κ1) is 15.8. The van der Waals surface area contributed by atoms with Gasteiger partial charge in [0.05, 0.1) is 10.6 Å². The maximum atomic E-state index is 12.4. The van der Waals surface area contributed by atoms with E-state index in [-0.39, 0.29) is 17.7 Å². The maximum Gasteiger partial charge on any atom is 0.246 e. The van der Waals surface area contributed by atoms with E-state index in [2.05, 4.69) is 0 Å². The van der Waals surface area contributed by atoms with E-state index in [4.69, 9.17) is 0 Å². The largest absolute Gasteiger partial charge is 0.335 e. The normalized spacial score (nSPS) is 18.6. The quantitative estimate of drug-likeness (QED) is 0.803. The fraction of sp³-hybridized carbons (Fsp3) is 0.438. The van der Waals surface area contributed by atoms with E-state index in [1.54, 1.807) is 41.3 Å². The Morgan fingerprint density at radius 2 is 1.95 bits per heavy atom. The number of carbonyl (C=O) groups is 1. The first-order valence-corrected chi connectivity index (χ1v) is 8.79. The Labute approximate surface area is 126 Å². The van der Waals surface area contributed by atoms with E-state index in [1.807, 2.05) is 13.8 Å². The molecule has 1 aliphatic heterocycles. The molecule has 0 bridgehead atoms. The number of amides is 1. The second-order valence-corrected chi connectivity index (χ2v) is 7.68. The van der Waals surface area contributed by atoms with Crippen LogP contribution in [-0.4, -0.2) is 37.6 Å². The van der Waals surface area contributed by atoms with Gasteiger partial charge in [0.25, 0.3) is 0 Å². The lowest BCUT2D eigenvalue weighted by molar-refractivity contribution is -0.126. The van der Waals surface area contributed by atoms with Crippen LogP contribution in [0.25, 0.3) is 0 Å². The van der Waals surface area contributed by atoms with Gasteiger partial charge in [0.1, 0.15) is 0 Å². The minimum absolute atomic E-state index is 0.000640. The molecule has 21 heavy (non-hydrogen) atoms. The van der Waals surface area contributed by atoms with Gasteiger partial charge in [0.2, 0.25) is 5.91 Å². The van der Waals surface area contributed by atoms with Crippen molar-refractivity contribution in [2.45, 2.75) is 37.6 Å². The molecule has 1 fully saturated rings. The van der Waals surface area contributed by atoms with Gasteiger partial charge >= 0.3 is 0 Å². The summed E-state index contributed by atoms with van der Waals surface area (Å²) in [4.78, 5) is 14.2. The highest BCUT2D eigenvalue weighted by Gasteiger charge is 2.32. The zero-order valence-electron chi connectivity index (χ0n) is 12.5. The van der Waals surface area contributed by atoms with Crippen LogP contribution in [0.2, 0.25) is 0 Å². The lowest BCUT2D eigenvalue weighted by atomic mass is 10.2. The molecule has 1 saturated heterocycles. The predicted molar refractivity (Wildman–Crippen MR) is 82.7 cm³/mol. The van der Waals surface area contributed by atoms with Crippen molar-refractivity contribution in [1.82, 2.24) is 4.90 Å². The van der Waals surface area contributed by atoms with Crippen molar-refractivity contribution in [3.63, 3.8) is 0 Å². The summed E-state index contributed by atoms with van der Waals surface area (Å²) in [6.45, 7) is 4.37. The van der Waals surface area contributed by atoms with Crippen LogP contribution in [-0.2, 0) is 14.6 Å². The molecule has 5 heteroatoms. The summed E-state index contributed by atoms with van der Waals surface area (Å²) >= 11 is 0. The fourth-order valence-corrected chi connectivity index (χ4v) is 4.22. The number of allylic oxidation sites excluding steroid dienone is 1. The van der Waals surface area contributed by atoms with E-state index < -0.39 is 9.84 Å². The van der Waals surface area contributed by atoms with Crippen LogP contribution in [0.3, 0.4) is 0 Å². The Hall–Kier alpha value is -1.62. The average molecular weight is 307 g/mol. The number of likely N-dealkylation sites (tertiary alicyclic amines) is 1. The number of hydrogen-bond acceptors (Lipinski definition) is 3. The van der Waals surface area contributed by atoms with Crippen LogP contribution in [0.15, 0.2) is 46.9 Å². The highest BCUT2D eigenvalue weighted by molar-refractivity contribution is 7.91. The summed E-state index contributed by atoms with van der Waals surface area (Å²) in [6.07, 6.45) is 3.18. The maximum absolute atomic E-state index is 12.4. The molecule has 1 heterocycles. The molecule has 1 aliphatic rings. The molecule has 0 radical (unpaired) electrons. The van der Waals surface area contributed by atoms with Crippen molar-refractivity contribution < 1.29 is 13.2 Å². The van der Waals surface area contributed by atoms with Gasteiger partial charge in [-0.25, -0.2) is 8.42 Å². The van der Waals surface area contributed by atoms with Gasteiger partial charge in [-0.2, -0.15) is 0 Å². The van der Waals surface area contributed by atoms with Crippen LogP contribution in [0.1, 0.15) is 26.7 Å². The highest BCUT2D eigenvalue weighted by Crippen LogP contribution is 2.22. The zero-order chi connectivity index (χ0) is 15.5. The molecule has 4 nitrogen and oxygen atoms in total. The molecule has 2 rings (SSSR count).